The highest BCUT2D eigenvalue weighted by Crippen LogP contribution is 2.44. The maximum Gasteiger partial charge on any atom is 0.262 e. The molecular weight excluding hydrogens is 404 g/mol. The van der Waals surface area contributed by atoms with Crippen molar-refractivity contribution in [2.45, 2.75) is 12.8 Å². The number of nitrogens with zero attached hydrogens (tertiary/aromatic N) is 1. The van der Waals surface area contributed by atoms with Gasteiger partial charge in [0.15, 0.2) is 6.79 Å². The summed E-state index contributed by atoms with van der Waals surface area (Å²) < 4.78 is 16.8. The largest absolute Gasteiger partial charge is 0.495 e. The highest BCUT2D eigenvalue weighted by molar-refractivity contribution is 6.30. The van der Waals surface area contributed by atoms with E-state index in [0.717, 1.165) is 16.8 Å². The molecule has 152 valence electrons. The van der Waals surface area contributed by atoms with Gasteiger partial charge in [0, 0.05) is 21.8 Å². The Morgan fingerprint density at radius 1 is 1.13 bits per heavy atom. The summed E-state index contributed by atoms with van der Waals surface area (Å²) in [5, 5.41) is 4.04. The third-order valence-electron chi connectivity index (χ3n) is 5.27. The van der Waals surface area contributed by atoms with Crippen LogP contribution in [-0.2, 0) is 11.3 Å². The summed E-state index contributed by atoms with van der Waals surface area (Å²) in [7, 11) is 1.59. The molecular formula is C23H19ClN2O4. The number of methoxy groups -OCH3 is 1. The first-order valence-corrected chi connectivity index (χ1v) is 9.90. The second-order valence-corrected chi connectivity index (χ2v) is 7.47. The van der Waals surface area contributed by atoms with Crippen LogP contribution in [0, 0.1) is 0 Å². The van der Waals surface area contributed by atoms with Gasteiger partial charge in [-0.2, -0.15) is 0 Å². The number of carbonyl (C=O) groups is 1. The van der Waals surface area contributed by atoms with Crippen molar-refractivity contribution in [2.75, 3.05) is 24.1 Å². The summed E-state index contributed by atoms with van der Waals surface area (Å²) in [5.74, 6) is 1.13. The first-order valence-electron chi connectivity index (χ1n) is 9.52. The molecule has 0 fully saturated rings. The van der Waals surface area contributed by atoms with Crippen LogP contribution in [-0.4, -0.2) is 19.8 Å². The van der Waals surface area contributed by atoms with E-state index in [4.69, 9.17) is 25.8 Å². The number of hydrogen-bond acceptors (Lipinski definition) is 5. The quantitative estimate of drug-likeness (QED) is 0.644. The molecule has 5 rings (SSSR count). The molecule has 2 aliphatic rings. The Balaban J connectivity index is 1.73. The van der Waals surface area contributed by atoms with Crippen LogP contribution in [0.2, 0.25) is 5.02 Å². The van der Waals surface area contributed by atoms with E-state index in [9.17, 15) is 4.79 Å². The van der Waals surface area contributed by atoms with Crippen LogP contribution < -0.4 is 19.7 Å². The Kier molecular flexibility index (Phi) is 4.73. The van der Waals surface area contributed by atoms with E-state index < -0.39 is 6.17 Å². The molecule has 3 aromatic rings. The van der Waals surface area contributed by atoms with Crippen LogP contribution in [0.3, 0.4) is 0 Å². The molecule has 0 radical (unpaired) electrons. The fourth-order valence-corrected chi connectivity index (χ4v) is 4.21. The SMILES string of the molecule is COc1ccccc1N1C(=O)c2ccccc2N[C@H]1c1cc(Cl)cc2c1OCOC2. The molecule has 7 heteroatoms. The van der Waals surface area contributed by atoms with Crippen molar-refractivity contribution in [1.29, 1.82) is 0 Å². The topological polar surface area (TPSA) is 60.0 Å². The van der Waals surface area contributed by atoms with Crippen LogP contribution in [0.5, 0.6) is 11.5 Å². The zero-order valence-electron chi connectivity index (χ0n) is 16.2. The molecule has 2 aliphatic heterocycles. The summed E-state index contributed by atoms with van der Waals surface area (Å²) in [6.45, 7) is 0.544. The highest BCUT2D eigenvalue weighted by atomic mass is 35.5. The summed E-state index contributed by atoms with van der Waals surface area (Å²) >= 11 is 6.42. The van der Waals surface area contributed by atoms with E-state index in [-0.39, 0.29) is 12.7 Å². The molecule has 0 spiro atoms. The van der Waals surface area contributed by atoms with E-state index in [1.807, 2.05) is 54.6 Å². The maximum atomic E-state index is 13.7. The lowest BCUT2D eigenvalue weighted by Gasteiger charge is -2.39. The van der Waals surface area contributed by atoms with E-state index in [1.165, 1.54) is 0 Å². The van der Waals surface area contributed by atoms with Gasteiger partial charge in [0.25, 0.3) is 5.91 Å². The Morgan fingerprint density at radius 2 is 1.93 bits per heavy atom. The van der Waals surface area contributed by atoms with Gasteiger partial charge in [0.05, 0.1) is 25.0 Å². The lowest BCUT2D eigenvalue weighted by Crippen LogP contribution is -2.43. The van der Waals surface area contributed by atoms with Crippen molar-refractivity contribution >= 4 is 28.9 Å². The average molecular weight is 423 g/mol. The fraction of sp³-hybridized carbons (Fsp3) is 0.174. The van der Waals surface area contributed by atoms with Gasteiger partial charge >= 0.3 is 0 Å². The summed E-state index contributed by atoms with van der Waals surface area (Å²) in [6.07, 6.45) is -0.547. The van der Waals surface area contributed by atoms with Gasteiger partial charge in [-0.05, 0) is 36.4 Å². The van der Waals surface area contributed by atoms with Crippen LogP contribution >= 0.6 is 11.6 Å². The van der Waals surface area contributed by atoms with Crippen LogP contribution in [0.15, 0.2) is 60.7 Å². The number of amides is 1. The molecule has 3 aromatic carbocycles. The molecule has 2 heterocycles. The first kappa shape index (κ1) is 18.8. The monoisotopic (exact) mass is 422 g/mol. The van der Waals surface area contributed by atoms with E-state index in [2.05, 4.69) is 5.32 Å². The van der Waals surface area contributed by atoms with Crippen molar-refractivity contribution in [2.24, 2.45) is 0 Å². The number of fused-ring (bicyclic) bond motifs is 2. The molecule has 1 N–H and O–H groups in total. The van der Waals surface area contributed by atoms with Gasteiger partial charge in [0.2, 0.25) is 0 Å². The zero-order chi connectivity index (χ0) is 20.7. The molecule has 0 saturated heterocycles. The van der Waals surface area contributed by atoms with Crippen molar-refractivity contribution in [1.82, 2.24) is 0 Å². The number of para-hydroxylation sites is 3. The minimum atomic E-state index is -0.547. The number of halogens is 1. The van der Waals surface area contributed by atoms with Crippen molar-refractivity contribution in [3.8, 4) is 11.5 Å². The van der Waals surface area contributed by atoms with Crippen LogP contribution in [0.1, 0.15) is 27.7 Å². The minimum Gasteiger partial charge on any atom is -0.495 e. The molecule has 0 unspecified atom stereocenters. The Labute approximate surface area is 178 Å². The number of ether oxygens (including phenoxy) is 3. The number of nitrogens with one attached hydrogen (secondary N) is 1. The molecule has 0 saturated carbocycles. The van der Waals surface area contributed by atoms with Gasteiger partial charge in [-0.3, -0.25) is 9.69 Å². The number of rotatable bonds is 3. The summed E-state index contributed by atoms with van der Waals surface area (Å²) in [5.41, 5.74) is 3.59. The lowest BCUT2D eigenvalue weighted by atomic mass is 9.99. The number of carbonyl (C=O) groups excluding carboxylic acids is 1. The molecule has 1 amide bonds. The van der Waals surface area contributed by atoms with Crippen molar-refractivity contribution in [3.63, 3.8) is 0 Å². The molecule has 0 bridgehead atoms. The smallest absolute Gasteiger partial charge is 0.262 e. The first-order chi connectivity index (χ1) is 14.7. The predicted molar refractivity (Wildman–Crippen MR) is 114 cm³/mol. The Morgan fingerprint density at radius 3 is 2.80 bits per heavy atom. The van der Waals surface area contributed by atoms with Gasteiger partial charge in [0.1, 0.15) is 17.7 Å². The van der Waals surface area contributed by atoms with E-state index in [0.29, 0.717) is 34.4 Å². The third kappa shape index (κ3) is 3.05. The van der Waals surface area contributed by atoms with Gasteiger partial charge < -0.3 is 19.5 Å². The fourth-order valence-electron chi connectivity index (χ4n) is 3.96. The average Bonchev–Trinajstić information content (AvgIpc) is 2.78. The lowest BCUT2D eigenvalue weighted by molar-refractivity contribution is -0.0172. The number of anilines is 2. The Hall–Kier alpha value is -3.22. The van der Waals surface area contributed by atoms with Crippen LogP contribution in [0.4, 0.5) is 11.4 Å². The second-order valence-electron chi connectivity index (χ2n) is 7.03. The second kappa shape index (κ2) is 7.55. The zero-order valence-corrected chi connectivity index (χ0v) is 17.0. The summed E-state index contributed by atoms with van der Waals surface area (Å²) in [6, 6.07) is 18.5. The summed E-state index contributed by atoms with van der Waals surface area (Å²) in [4.78, 5) is 15.3. The normalized spacial score (nSPS) is 17.5. The predicted octanol–water partition coefficient (Wildman–Crippen LogP) is 4.99. The minimum absolute atomic E-state index is 0.139. The maximum absolute atomic E-state index is 13.7. The van der Waals surface area contributed by atoms with Gasteiger partial charge in [-0.15, -0.1) is 0 Å². The number of benzene rings is 3. The van der Waals surface area contributed by atoms with Gasteiger partial charge in [-0.25, -0.2) is 0 Å². The molecule has 30 heavy (non-hydrogen) atoms. The molecule has 0 aliphatic carbocycles. The highest BCUT2D eigenvalue weighted by Gasteiger charge is 2.38. The standard InChI is InChI=1S/C23H19ClN2O4/c1-28-20-9-5-4-8-19(20)26-22(25-18-7-3-2-6-16(18)23(26)27)17-11-15(24)10-14-12-29-13-30-21(14)17/h2-11,22,25H,12-13H2,1H3/t22-/m1/s1. The Bertz CT molecular complexity index is 1130. The number of hydrogen-bond donors (Lipinski definition) is 1. The van der Waals surface area contributed by atoms with E-state index >= 15 is 0 Å². The third-order valence-corrected chi connectivity index (χ3v) is 5.49. The van der Waals surface area contributed by atoms with Crippen molar-refractivity contribution < 1.29 is 19.0 Å². The molecule has 6 nitrogen and oxygen atoms in total. The van der Waals surface area contributed by atoms with Gasteiger partial charge in [-0.1, -0.05) is 35.9 Å². The molecule has 1 atom stereocenters. The molecule has 0 aromatic heterocycles. The van der Waals surface area contributed by atoms with Crippen molar-refractivity contribution in [3.05, 3.63) is 82.4 Å². The van der Waals surface area contributed by atoms with E-state index in [1.54, 1.807) is 18.1 Å². The van der Waals surface area contributed by atoms with Crippen LogP contribution in [0.25, 0.3) is 0 Å².